The van der Waals surface area contributed by atoms with E-state index >= 15 is 0 Å². The molecule has 1 aromatic heterocycles. The first kappa shape index (κ1) is 27.4. The summed E-state index contributed by atoms with van der Waals surface area (Å²) < 4.78 is 14.1. The van der Waals surface area contributed by atoms with Gasteiger partial charge < -0.3 is 14.4 Å². The van der Waals surface area contributed by atoms with E-state index < -0.39 is 17.6 Å². The molecule has 1 unspecified atom stereocenters. The first-order valence-corrected chi connectivity index (χ1v) is 12.9. The van der Waals surface area contributed by atoms with Gasteiger partial charge in [-0.1, -0.05) is 17.9 Å². The van der Waals surface area contributed by atoms with Crippen LogP contribution in [0, 0.1) is 11.8 Å². The van der Waals surface area contributed by atoms with Crippen LogP contribution in [-0.4, -0.2) is 88.4 Å². The van der Waals surface area contributed by atoms with Crippen LogP contribution in [0.3, 0.4) is 0 Å². The van der Waals surface area contributed by atoms with Crippen LogP contribution in [0.4, 0.5) is 4.79 Å². The molecule has 2 aliphatic heterocycles. The van der Waals surface area contributed by atoms with Crippen molar-refractivity contribution in [1.82, 2.24) is 24.3 Å². The number of amides is 3. The van der Waals surface area contributed by atoms with Crippen LogP contribution in [0.2, 0.25) is 0 Å². The number of ether oxygens (including phenoxy) is 2. The number of aromatic nitrogens is 2. The summed E-state index contributed by atoms with van der Waals surface area (Å²) in [6, 6.07) is 4.67. The van der Waals surface area contributed by atoms with Crippen LogP contribution in [-0.2, 0) is 26.1 Å². The van der Waals surface area contributed by atoms with E-state index in [2.05, 4.69) is 22.1 Å². The summed E-state index contributed by atoms with van der Waals surface area (Å²) in [6.07, 6.45) is 0.197. The number of nitrogens with zero attached hydrogens (tertiary/aromatic N) is 4. The lowest BCUT2D eigenvalue weighted by Gasteiger charge is -2.35. The monoisotopic (exact) mass is 525 g/mol. The van der Waals surface area contributed by atoms with E-state index in [1.165, 1.54) is 9.13 Å². The van der Waals surface area contributed by atoms with Gasteiger partial charge in [0.15, 0.2) is 0 Å². The number of para-hydroxylation sites is 1. The van der Waals surface area contributed by atoms with Crippen molar-refractivity contribution in [1.29, 1.82) is 0 Å². The predicted octanol–water partition coefficient (Wildman–Crippen LogP) is 1.24. The topological polar surface area (TPSA) is 115 Å². The average molecular weight is 526 g/mol. The van der Waals surface area contributed by atoms with Crippen LogP contribution in [0.15, 0.2) is 23.0 Å². The maximum absolute atomic E-state index is 13.0. The van der Waals surface area contributed by atoms with E-state index in [4.69, 9.17) is 9.47 Å². The summed E-state index contributed by atoms with van der Waals surface area (Å²) in [5, 5.41) is 2.32. The van der Waals surface area contributed by atoms with E-state index in [-0.39, 0.29) is 37.1 Å². The van der Waals surface area contributed by atoms with Crippen molar-refractivity contribution in [2.24, 2.45) is 7.05 Å². The molecule has 0 bridgehead atoms. The van der Waals surface area contributed by atoms with Crippen LogP contribution < -0.4 is 11.0 Å². The smallest absolute Gasteiger partial charge is 0.410 e. The Bertz CT molecular complexity index is 1330. The molecule has 2 fully saturated rings. The molecular formula is C27H35N5O6. The van der Waals surface area contributed by atoms with Crippen molar-refractivity contribution < 1.29 is 23.9 Å². The number of carbonyl (C=O) groups excluding carboxylic acids is 3. The van der Waals surface area contributed by atoms with Crippen LogP contribution in [0.25, 0.3) is 11.0 Å². The molecule has 0 radical (unpaired) electrons. The molecule has 1 N–H and O–H groups in total. The number of hydrogen-bond donors (Lipinski definition) is 1. The number of imide groups is 1. The lowest BCUT2D eigenvalue weighted by molar-refractivity contribution is -0.135. The predicted molar refractivity (Wildman–Crippen MR) is 141 cm³/mol. The number of imidazole rings is 1. The Kier molecular flexibility index (Phi) is 8.23. The number of fused-ring (bicyclic) bond motifs is 1. The fraction of sp³-hybridized carbons (Fsp3) is 0.556. The minimum atomic E-state index is -0.735. The second-order valence-corrected chi connectivity index (χ2v) is 10.5. The minimum absolute atomic E-state index is 0.190. The molecule has 38 heavy (non-hydrogen) atoms. The Morgan fingerprint density at radius 2 is 1.87 bits per heavy atom. The highest BCUT2D eigenvalue weighted by molar-refractivity contribution is 6.00. The lowest BCUT2D eigenvalue weighted by Crippen LogP contribution is -2.50. The van der Waals surface area contributed by atoms with Gasteiger partial charge in [0.1, 0.15) is 18.2 Å². The molecule has 0 spiro atoms. The summed E-state index contributed by atoms with van der Waals surface area (Å²) in [5.41, 5.74) is 1.07. The van der Waals surface area contributed by atoms with Crippen molar-refractivity contribution in [2.45, 2.75) is 45.3 Å². The zero-order chi connectivity index (χ0) is 27.4. The highest BCUT2D eigenvalue weighted by Gasteiger charge is 2.31. The van der Waals surface area contributed by atoms with Gasteiger partial charge in [-0.3, -0.25) is 28.9 Å². The zero-order valence-electron chi connectivity index (χ0n) is 22.4. The number of hydrogen-bond acceptors (Lipinski definition) is 7. The van der Waals surface area contributed by atoms with E-state index in [9.17, 15) is 19.2 Å². The molecular weight excluding hydrogens is 490 g/mol. The number of benzene rings is 1. The van der Waals surface area contributed by atoms with E-state index in [1.807, 2.05) is 26.8 Å². The molecule has 11 nitrogen and oxygen atoms in total. The van der Waals surface area contributed by atoms with Crippen molar-refractivity contribution in [3.05, 3.63) is 34.2 Å². The Morgan fingerprint density at radius 3 is 2.55 bits per heavy atom. The van der Waals surface area contributed by atoms with E-state index in [0.29, 0.717) is 36.3 Å². The minimum Gasteiger partial charge on any atom is -0.444 e. The molecule has 0 saturated carbocycles. The van der Waals surface area contributed by atoms with Gasteiger partial charge in [0.05, 0.1) is 23.2 Å². The summed E-state index contributed by atoms with van der Waals surface area (Å²) in [7, 11) is 1.65. The Hall–Kier alpha value is -3.62. The van der Waals surface area contributed by atoms with Crippen molar-refractivity contribution in [2.75, 3.05) is 45.9 Å². The third-order valence-corrected chi connectivity index (χ3v) is 6.60. The molecule has 2 aliphatic rings. The van der Waals surface area contributed by atoms with Crippen LogP contribution in [0.1, 0.15) is 45.2 Å². The lowest BCUT2D eigenvalue weighted by atomic mass is 10.1. The normalized spacial score (nSPS) is 18.7. The number of rotatable bonds is 5. The van der Waals surface area contributed by atoms with Gasteiger partial charge in [-0.25, -0.2) is 9.59 Å². The van der Waals surface area contributed by atoms with Crippen LogP contribution >= 0.6 is 0 Å². The summed E-state index contributed by atoms with van der Waals surface area (Å²) in [6.45, 7) is 9.82. The van der Waals surface area contributed by atoms with Crippen molar-refractivity contribution >= 4 is 28.9 Å². The fourth-order valence-corrected chi connectivity index (χ4v) is 4.70. The largest absolute Gasteiger partial charge is 0.444 e. The summed E-state index contributed by atoms with van der Waals surface area (Å²) >= 11 is 0. The molecule has 3 heterocycles. The van der Waals surface area contributed by atoms with Crippen molar-refractivity contribution in [3.8, 4) is 11.8 Å². The number of aryl methyl sites for hydroxylation is 1. The second kappa shape index (κ2) is 11.4. The van der Waals surface area contributed by atoms with E-state index in [1.54, 1.807) is 24.1 Å². The van der Waals surface area contributed by atoms with Gasteiger partial charge >= 0.3 is 11.8 Å². The maximum atomic E-state index is 13.0. The molecule has 2 saturated heterocycles. The standard InChI is InChI=1S/C27H35N5O6/c1-27(2,3)38-26(36)31-14-12-30(13-15-31)16-18-37-17-6-8-19-7-5-9-20-23(19)29(4)25(35)32(20)21-10-11-22(33)28-24(21)34/h5,7,9,21H,10-18H2,1-4H3,(H,28,33,34). The van der Waals surface area contributed by atoms with Gasteiger partial charge in [-0.2, -0.15) is 0 Å². The molecule has 2 aromatic rings. The van der Waals surface area contributed by atoms with Crippen molar-refractivity contribution in [3.63, 3.8) is 0 Å². The van der Waals surface area contributed by atoms with Gasteiger partial charge in [0, 0.05) is 46.2 Å². The molecule has 3 amide bonds. The maximum Gasteiger partial charge on any atom is 0.410 e. The summed E-state index contributed by atoms with van der Waals surface area (Å²) in [4.78, 5) is 53.1. The second-order valence-electron chi connectivity index (χ2n) is 10.5. The number of piperazine rings is 1. The third-order valence-electron chi connectivity index (χ3n) is 6.60. The quantitative estimate of drug-likeness (QED) is 0.355. The van der Waals surface area contributed by atoms with Crippen LogP contribution in [0.5, 0.6) is 0 Å². The first-order chi connectivity index (χ1) is 18.0. The number of nitrogens with one attached hydrogen (secondary N) is 1. The zero-order valence-corrected chi connectivity index (χ0v) is 22.4. The summed E-state index contributed by atoms with van der Waals surface area (Å²) in [5.74, 6) is 5.32. The Labute approximate surface area is 221 Å². The molecule has 11 heteroatoms. The molecule has 1 aromatic carbocycles. The van der Waals surface area contributed by atoms with E-state index in [0.717, 1.165) is 19.6 Å². The molecule has 4 rings (SSSR count). The van der Waals surface area contributed by atoms with Gasteiger partial charge in [-0.15, -0.1) is 0 Å². The van der Waals surface area contributed by atoms with Gasteiger partial charge in [0.25, 0.3) is 0 Å². The first-order valence-electron chi connectivity index (χ1n) is 12.9. The van der Waals surface area contributed by atoms with Gasteiger partial charge in [-0.05, 0) is 39.3 Å². The average Bonchev–Trinajstić information content (AvgIpc) is 3.11. The highest BCUT2D eigenvalue weighted by Crippen LogP contribution is 2.24. The SMILES string of the molecule is Cn1c(=O)n(C2CCC(=O)NC2=O)c2cccc(C#CCOCCN3CCN(C(=O)OC(C)(C)C)CC3)c21. The highest BCUT2D eigenvalue weighted by atomic mass is 16.6. The Balaban J connectivity index is 1.31. The Morgan fingerprint density at radius 1 is 1.13 bits per heavy atom. The number of carbonyl (C=O) groups is 3. The molecule has 0 aliphatic carbocycles. The third kappa shape index (κ3) is 6.26. The molecule has 1 atom stereocenters. The number of piperidine rings is 1. The molecule has 204 valence electrons. The fourth-order valence-electron chi connectivity index (χ4n) is 4.70. The van der Waals surface area contributed by atoms with Gasteiger partial charge in [0.2, 0.25) is 11.8 Å².